The highest BCUT2D eigenvalue weighted by Crippen LogP contribution is 2.49. The summed E-state index contributed by atoms with van der Waals surface area (Å²) in [6.07, 6.45) is 8.34. The van der Waals surface area contributed by atoms with E-state index in [4.69, 9.17) is 18.6 Å². The van der Waals surface area contributed by atoms with Gasteiger partial charge in [-0.05, 0) is 33.3 Å². The fourth-order valence-electron chi connectivity index (χ4n) is 4.29. The topological polar surface area (TPSA) is 98.4 Å². The van der Waals surface area contributed by atoms with E-state index in [0.717, 1.165) is 5.56 Å². The first kappa shape index (κ1) is 22.5. The second kappa shape index (κ2) is 8.51. The molecule has 0 unspecified atom stereocenters. The fourth-order valence-corrected chi connectivity index (χ4v) is 4.29. The van der Waals surface area contributed by atoms with Crippen LogP contribution in [0.3, 0.4) is 0 Å². The Morgan fingerprint density at radius 3 is 2.50 bits per heavy atom. The molecule has 1 aromatic heterocycles. The summed E-state index contributed by atoms with van der Waals surface area (Å²) >= 11 is 0. The van der Waals surface area contributed by atoms with Crippen LogP contribution in [0, 0.1) is 6.92 Å². The third-order valence-corrected chi connectivity index (χ3v) is 6.08. The minimum Gasteiger partial charge on any atom is -0.496 e. The standard InChI is InChI=1S/C23H30O7/c1-6-18-22(3)21(26)23(4,30-18)20(25)16(29-22)12-10-8-7-9-11-15-14(2)17(27-5)13-19(24)28-15/h7-13,16,18,20-21,25-26H,6H2,1-5H3/t16-,18+,20-,21+,22-,23-/m0/s1. The van der Waals surface area contributed by atoms with Gasteiger partial charge in [0.2, 0.25) is 0 Å². The average Bonchev–Trinajstić information content (AvgIpc) is 2.86. The van der Waals surface area contributed by atoms with Crippen LogP contribution in [0.1, 0.15) is 38.5 Å². The maximum atomic E-state index is 11.6. The lowest BCUT2D eigenvalue weighted by Crippen LogP contribution is -2.64. The Kier molecular flexibility index (Phi) is 6.38. The van der Waals surface area contributed by atoms with E-state index in [2.05, 4.69) is 0 Å². The predicted octanol–water partition coefficient (Wildman–Crippen LogP) is 2.53. The minimum absolute atomic E-state index is 0.287. The van der Waals surface area contributed by atoms with Crippen LogP contribution in [0.25, 0.3) is 6.08 Å². The summed E-state index contributed by atoms with van der Waals surface area (Å²) in [6.45, 7) is 7.33. The Balaban J connectivity index is 1.69. The second-order valence-corrected chi connectivity index (χ2v) is 8.06. The molecule has 2 fully saturated rings. The molecule has 2 saturated heterocycles. The van der Waals surface area contributed by atoms with E-state index in [9.17, 15) is 15.0 Å². The Morgan fingerprint density at radius 1 is 1.13 bits per heavy atom. The highest BCUT2D eigenvalue weighted by atomic mass is 16.6. The van der Waals surface area contributed by atoms with E-state index in [-0.39, 0.29) is 6.10 Å². The van der Waals surface area contributed by atoms with Crippen molar-refractivity contribution in [2.45, 2.75) is 69.7 Å². The molecule has 0 amide bonds. The van der Waals surface area contributed by atoms with Gasteiger partial charge in [0.15, 0.2) is 0 Å². The first-order chi connectivity index (χ1) is 14.2. The van der Waals surface area contributed by atoms with E-state index in [0.29, 0.717) is 17.9 Å². The van der Waals surface area contributed by atoms with Gasteiger partial charge in [-0.15, -0.1) is 0 Å². The number of ether oxygens (including phenoxy) is 3. The van der Waals surface area contributed by atoms with Crippen molar-refractivity contribution in [3.8, 4) is 5.75 Å². The molecule has 7 heteroatoms. The molecule has 1 aromatic rings. The number of rotatable bonds is 6. The number of hydrogen-bond donors (Lipinski definition) is 2. The molecule has 3 heterocycles. The number of fused-ring (bicyclic) bond motifs is 2. The van der Waals surface area contributed by atoms with E-state index in [1.54, 1.807) is 43.4 Å². The summed E-state index contributed by atoms with van der Waals surface area (Å²) in [7, 11) is 1.50. The van der Waals surface area contributed by atoms with E-state index in [1.807, 2.05) is 20.8 Å². The van der Waals surface area contributed by atoms with E-state index < -0.39 is 35.1 Å². The van der Waals surface area contributed by atoms with Crippen LogP contribution in [0.5, 0.6) is 5.75 Å². The summed E-state index contributed by atoms with van der Waals surface area (Å²) in [5, 5.41) is 21.4. The zero-order valence-corrected chi connectivity index (χ0v) is 18.0. The van der Waals surface area contributed by atoms with Gasteiger partial charge in [0.05, 0.1) is 19.3 Å². The molecule has 6 atom stereocenters. The van der Waals surface area contributed by atoms with Gasteiger partial charge in [-0.3, -0.25) is 0 Å². The van der Waals surface area contributed by atoms with Crippen LogP contribution in [-0.2, 0) is 9.47 Å². The maximum Gasteiger partial charge on any atom is 0.339 e. The quantitative estimate of drug-likeness (QED) is 0.685. The predicted molar refractivity (Wildman–Crippen MR) is 112 cm³/mol. The molecule has 0 radical (unpaired) electrons. The van der Waals surface area contributed by atoms with E-state index in [1.165, 1.54) is 13.2 Å². The van der Waals surface area contributed by atoms with Crippen LogP contribution >= 0.6 is 0 Å². The molecule has 3 rings (SSSR count). The molecule has 2 aliphatic heterocycles. The van der Waals surface area contributed by atoms with Gasteiger partial charge < -0.3 is 28.8 Å². The first-order valence-electron chi connectivity index (χ1n) is 10.1. The highest BCUT2D eigenvalue weighted by Gasteiger charge is 2.67. The van der Waals surface area contributed by atoms with Gasteiger partial charge in [0.1, 0.15) is 41.0 Å². The Labute approximate surface area is 176 Å². The second-order valence-electron chi connectivity index (χ2n) is 8.06. The lowest BCUT2D eigenvalue weighted by atomic mass is 9.78. The molecule has 2 aliphatic rings. The zero-order valence-electron chi connectivity index (χ0n) is 18.0. The van der Waals surface area contributed by atoms with Crippen molar-refractivity contribution in [3.63, 3.8) is 0 Å². The molecule has 164 valence electrons. The molecule has 7 nitrogen and oxygen atoms in total. The lowest BCUT2D eigenvalue weighted by molar-refractivity contribution is -0.224. The molecule has 0 saturated carbocycles. The number of aliphatic hydroxyl groups excluding tert-OH is 2. The molecule has 0 aromatic carbocycles. The Hall–Kier alpha value is -2.19. The van der Waals surface area contributed by atoms with Gasteiger partial charge in [0, 0.05) is 5.56 Å². The average molecular weight is 418 g/mol. The van der Waals surface area contributed by atoms with Crippen molar-refractivity contribution in [1.29, 1.82) is 0 Å². The first-order valence-corrected chi connectivity index (χ1v) is 10.1. The fraction of sp³-hybridized carbons (Fsp3) is 0.522. The van der Waals surface area contributed by atoms with Gasteiger partial charge in [-0.1, -0.05) is 37.3 Å². The van der Waals surface area contributed by atoms with Crippen LogP contribution in [0.2, 0.25) is 0 Å². The van der Waals surface area contributed by atoms with Gasteiger partial charge in [-0.2, -0.15) is 0 Å². The van der Waals surface area contributed by atoms with Crippen molar-refractivity contribution in [1.82, 2.24) is 0 Å². The van der Waals surface area contributed by atoms with Crippen molar-refractivity contribution < 1.29 is 28.8 Å². The van der Waals surface area contributed by atoms with Crippen LogP contribution in [0.4, 0.5) is 0 Å². The normalized spacial score (nSPS) is 36.4. The molecule has 0 spiro atoms. The van der Waals surface area contributed by atoms with Gasteiger partial charge in [-0.25, -0.2) is 4.79 Å². The summed E-state index contributed by atoms with van der Waals surface area (Å²) in [5.41, 5.74) is -1.69. The summed E-state index contributed by atoms with van der Waals surface area (Å²) in [5.74, 6) is 0.901. The van der Waals surface area contributed by atoms with Crippen molar-refractivity contribution >= 4 is 6.08 Å². The van der Waals surface area contributed by atoms with E-state index >= 15 is 0 Å². The van der Waals surface area contributed by atoms with Gasteiger partial charge in [0.25, 0.3) is 0 Å². The van der Waals surface area contributed by atoms with Crippen molar-refractivity contribution in [2.75, 3.05) is 7.11 Å². The molecule has 30 heavy (non-hydrogen) atoms. The van der Waals surface area contributed by atoms with Crippen LogP contribution in [0.15, 0.2) is 45.7 Å². The number of methoxy groups -OCH3 is 1. The van der Waals surface area contributed by atoms with Gasteiger partial charge >= 0.3 is 5.63 Å². The number of allylic oxidation sites excluding steroid dienone is 4. The number of hydrogen-bond acceptors (Lipinski definition) is 7. The highest BCUT2D eigenvalue weighted by molar-refractivity contribution is 5.52. The molecule has 0 aliphatic carbocycles. The molecule has 2 N–H and O–H groups in total. The zero-order chi connectivity index (χ0) is 22.1. The summed E-state index contributed by atoms with van der Waals surface area (Å²) < 4.78 is 22.4. The third-order valence-electron chi connectivity index (χ3n) is 6.08. The summed E-state index contributed by atoms with van der Waals surface area (Å²) in [4.78, 5) is 11.6. The molecule has 2 bridgehead atoms. The minimum atomic E-state index is -1.08. The summed E-state index contributed by atoms with van der Waals surface area (Å²) in [6, 6.07) is 1.30. The van der Waals surface area contributed by atoms with Crippen LogP contribution in [-0.4, -0.2) is 52.9 Å². The van der Waals surface area contributed by atoms with Crippen molar-refractivity contribution in [3.05, 3.63) is 58.2 Å². The van der Waals surface area contributed by atoms with Crippen molar-refractivity contribution in [2.24, 2.45) is 0 Å². The van der Waals surface area contributed by atoms with Crippen LogP contribution < -0.4 is 10.4 Å². The maximum absolute atomic E-state index is 11.6. The molecular weight excluding hydrogens is 388 g/mol. The largest absolute Gasteiger partial charge is 0.496 e. The SMILES string of the molecule is CC[C@H]1O[C@]2(C)[C@H](O)[C@@]1(C)O[C@@H](C=CC=CC=Cc1oc(=O)cc(OC)c1C)[C@@H]2O. The molecular formula is C23H30O7. The Bertz CT molecular complexity index is 911. The number of aliphatic hydroxyl groups is 2. The smallest absolute Gasteiger partial charge is 0.339 e. The Morgan fingerprint density at radius 2 is 1.83 bits per heavy atom. The lowest BCUT2D eigenvalue weighted by Gasteiger charge is -2.45. The third kappa shape index (κ3) is 3.78. The monoisotopic (exact) mass is 418 g/mol.